The van der Waals surface area contributed by atoms with Gasteiger partial charge in [0, 0.05) is 32.2 Å². The second-order valence-electron chi connectivity index (χ2n) is 8.16. The van der Waals surface area contributed by atoms with E-state index in [1.165, 1.54) is 42.7 Å². The third-order valence-electron chi connectivity index (χ3n) is 5.12. The Morgan fingerprint density at radius 3 is 2.18 bits per heavy atom. The molecule has 0 bridgehead atoms. The monoisotopic (exact) mass is 491 g/mol. The molecule has 0 spiro atoms. The summed E-state index contributed by atoms with van der Waals surface area (Å²) in [6.45, 7) is 4.41. The molecule has 1 aromatic heterocycles. The fourth-order valence-corrected chi connectivity index (χ4v) is 4.55. The Balaban J connectivity index is 1.98. The van der Waals surface area contributed by atoms with Crippen molar-refractivity contribution in [3.63, 3.8) is 0 Å². The number of carbonyl (C=O) groups excluding carboxylic acids is 4. The highest BCUT2D eigenvalue weighted by atomic mass is 32.2. The van der Waals surface area contributed by atoms with Gasteiger partial charge in [0.05, 0.1) is 17.9 Å². The minimum Gasteiger partial charge on any atom is -0.462 e. The lowest BCUT2D eigenvalue weighted by Gasteiger charge is -2.33. The topological polar surface area (TPSA) is 135 Å². The first-order valence-electron chi connectivity index (χ1n) is 10.5. The van der Waals surface area contributed by atoms with Crippen LogP contribution in [0.2, 0.25) is 0 Å². The SMILES string of the molecule is CCOC(=O)c1ccccc1C(=O)c1ccc(S(C)(=O)=O)n1CCC1C(=O)OC(C)(C)OC1=O. The number of carbonyl (C=O) groups is 4. The Hall–Kier alpha value is -3.47. The number of aromatic nitrogens is 1. The molecule has 2 heterocycles. The van der Waals surface area contributed by atoms with Gasteiger partial charge in [0.25, 0.3) is 5.79 Å². The zero-order chi connectivity index (χ0) is 25.3. The van der Waals surface area contributed by atoms with E-state index in [2.05, 4.69) is 0 Å². The summed E-state index contributed by atoms with van der Waals surface area (Å²) in [6, 6.07) is 8.59. The van der Waals surface area contributed by atoms with Crippen molar-refractivity contribution >= 4 is 33.5 Å². The molecular formula is C23H25NO9S. The van der Waals surface area contributed by atoms with Crippen molar-refractivity contribution < 1.29 is 41.8 Å². The van der Waals surface area contributed by atoms with Crippen LogP contribution in [0.15, 0.2) is 41.4 Å². The number of nitrogens with zero attached hydrogens (tertiary/aromatic N) is 1. The zero-order valence-electron chi connectivity index (χ0n) is 19.2. The van der Waals surface area contributed by atoms with Crippen molar-refractivity contribution in [3.05, 3.63) is 53.2 Å². The summed E-state index contributed by atoms with van der Waals surface area (Å²) >= 11 is 0. The summed E-state index contributed by atoms with van der Waals surface area (Å²) in [5.74, 6) is -5.58. The van der Waals surface area contributed by atoms with Gasteiger partial charge in [-0.3, -0.25) is 14.4 Å². The quantitative estimate of drug-likeness (QED) is 0.309. The van der Waals surface area contributed by atoms with E-state index < -0.39 is 45.2 Å². The molecule has 10 nitrogen and oxygen atoms in total. The number of hydrogen-bond donors (Lipinski definition) is 0. The van der Waals surface area contributed by atoms with Gasteiger partial charge in [-0.15, -0.1) is 0 Å². The van der Waals surface area contributed by atoms with Crippen molar-refractivity contribution in [3.8, 4) is 0 Å². The molecule has 1 saturated heterocycles. The summed E-state index contributed by atoms with van der Waals surface area (Å²) in [5, 5.41) is -0.178. The number of cyclic esters (lactones) is 2. The molecule has 0 aliphatic carbocycles. The van der Waals surface area contributed by atoms with Crippen molar-refractivity contribution in [2.75, 3.05) is 12.9 Å². The first-order chi connectivity index (χ1) is 15.9. The van der Waals surface area contributed by atoms with E-state index in [0.29, 0.717) is 0 Å². The van der Waals surface area contributed by atoms with Crippen LogP contribution in [0.1, 0.15) is 53.6 Å². The minimum absolute atomic E-state index is 0.0265. The molecule has 1 aromatic carbocycles. The molecule has 34 heavy (non-hydrogen) atoms. The van der Waals surface area contributed by atoms with E-state index >= 15 is 0 Å². The molecule has 0 N–H and O–H groups in total. The normalized spacial score (nSPS) is 16.0. The number of ketones is 1. The van der Waals surface area contributed by atoms with Crippen LogP contribution in [0.4, 0.5) is 0 Å². The van der Waals surface area contributed by atoms with E-state index in [1.807, 2.05) is 0 Å². The Bertz CT molecular complexity index is 1240. The molecule has 0 saturated carbocycles. The van der Waals surface area contributed by atoms with E-state index in [9.17, 15) is 27.6 Å². The number of esters is 3. The predicted octanol–water partition coefficient (Wildman–Crippen LogP) is 2.14. The highest BCUT2D eigenvalue weighted by molar-refractivity contribution is 7.90. The maximum absolute atomic E-state index is 13.4. The van der Waals surface area contributed by atoms with Crippen molar-refractivity contribution in [1.29, 1.82) is 0 Å². The minimum atomic E-state index is -3.78. The lowest BCUT2D eigenvalue weighted by atomic mass is 10.0. The van der Waals surface area contributed by atoms with Gasteiger partial charge in [0.1, 0.15) is 5.03 Å². The molecule has 11 heteroatoms. The second-order valence-corrected chi connectivity index (χ2v) is 10.1. The van der Waals surface area contributed by atoms with Gasteiger partial charge in [0.2, 0.25) is 5.78 Å². The summed E-state index contributed by atoms with van der Waals surface area (Å²) in [7, 11) is -3.78. The van der Waals surface area contributed by atoms with Crippen LogP contribution in [0.25, 0.3) is 0 Å². The number of benzene rings is 1. The van der Waals surface area contributed by atoms with Crippen LogP contribution in [-0.2, 0) is 40.2 Å². The fraction of sp³-hybridized carbons (Fsp3) is 0.391. The lowest BCUT2D eigenvalue weighted by molar-refractivity contribution is -0.240. The third-order valence-corrected chi connectivity index (χ3v) is 6.24. The van der Waals surface area contributed by atoms with Crippen LogP contribution in [0, 0.1) is 5.92 Å². The molecule has 3 rings (SSSR count). The fourth-order valence-electron chi connectivity index (χ4n) is 3.65. The maximum atomic E-state index is 13.4. The molecule has 0 amide bonds. The first kappa shape index (κ1) is 25.2. The molecule has 1 fully saturated rings. The Kier molecular flexibility index (Phi) is 6.97. The van der Waals surface area contributed by atoms with Gasteiger partial charge >= 0.3 is 17.9 Å². The molecule has 1 aliphatic heterocycles. The number of sulfone groups is 1. The van der Waals surface area contributed by atoms with Gasteiger partial charge in [-0.2, -0.15) is 0 Å². The van der Waals surface area contributed by atoms with E-state index in [4.69, 9.17) is 14.2 Å². The van der Waals surface area contributed by atoms with E-state index in [0.717, 1.165) is 6.26 Å². The smallest absolute Gasteiger partial charge is 0.338 e. The largest absolute Gasteiger partial charge is 0.462 e. The number of hydrogen-bond acceptors (Lipinski definition) is 9. The van der Waals surface area contributed by atoms with Gasteiger partial charge in [-0.05, 0) is 31.5 Å². The summed E-state index contributed by atoms with van der Waals surface area (Å²) in [5.41, 5.74) is 0.0262. The average Bonchev–Trinajstić information content (AvgIpc) is 3.16. The lowest BCUT2D eigenvalue weighted by Crippen LogP contribution is -2.46. The predicted molar refractivity (Wildman–Crippen MR) is 118 cm³/mol. The van der Waals surface area contributed by atoms with E-state index in [-0.39, 0.29) is 41.4 Å². The van der Waals surface area contributed by atoms with Gasteiger partial charge in [0.15, 0.2) is 15.8 Å². The Morgan fingerprint density at radius 2 is 1.62 bits per heavy atom. The van der Waals surface area contributed by atoms with Crippen molar-refractivity contribution in [2.45, 2.75) is 44.5 Å². The van der Waals surface area contributed by atoms with Crippen molar-refractivity contribution in [1.82, 2.24) is 4.57 Å². The summed E-state index contributed by atoms with van der Waals surface area (Å²) in [6.07, 6.45) is 0.816. The Morgan fingerprint density at radius 1 is 1.03 bits per heavy atom. The van der Waals surface area contributed by atoms with Gasteiger partial charge in [-0.25, -0.2) is 13.2 Å². The molecule has 0 unspecified atom stereocenters. The average molecular weight is 492 g/mol. The van der Waals surface area contributed by atoms with Crippen LogP contribution in [0.5, 0.6) is 0 Å². The molecule has 182 valence electrons. The number of ether oxygens (including phenoxy) is 3. The van der Waals surface area contributed by atoms with Crippen LogP contribution < -0.4 is 0 Å². The molecule has 1 aliphatic rings. The van der Waals surface area contributed by atoms with Gasteiger partial charge in [-0.1, -0.05) is 18.2 Å². The van der Waals surface area contributed by atoms with Crippen LogP contribution in [0.3, 0.4) is 0 Å². The number of rotatable bonds is 8. The van der Waals surface area contributed by atoms with Crippen LogP contribution in [-0.4, -0.2) is 55.3 Å². The maximum Gasteiger partial charge on any atom is 0.338 e. The molecular weight excluding hydrogens is 466 g/mol. The Labute approximate surface area is 196 Å². The molecule has 0 radical (unpaired) electrons. The molecule has 2 aromatic rings. The first-order valence-corrected chi connectivity index (χ1v) is 12.4. The standard InChI is InChI=1S/C23H25NO9S/c1-5-31-20(26)15-9-7-6-8-14(15)19(25)17-10-11-18(34(4,29)30)24(17)13-12-16-21(27)32-23(2,3)33-22(16)28/h6-11,16H,5,12-13H2,1-4H3. The third kappa shape index (κ3) is 5.19. The second kappa shape index (κ2) is 9.41. The summed E-state index contributed by atoms with van der Waals surface area (Å²) in [4.78, 5) is 50.4. The summed E-state index contributed by atoms with van der Waals surface area (Å²) < 4.78 is 41.2. The highest BCUT2D eigenvalue weighted by Crippen LogP contribution is 2.27. The van der Waals surface area contributed by atoms with Gasteiger partial charge < -0.3 is 18.8 Å². The van der Waals surface area contributed by atoms with E-state index in [1.54, 1.807) is 19.1 Å². The van der Waals surface area contributed by atoms with Crippen molar-refractivity contribution in [2.24, 2.45) is 5.92 Å². The zero-order valence-corrected chi connectivity index (χ0v) is 20.0. The molecule has 0 atom stereocenters. The highest BCUT2D eigenvalue weighted by Gasteiger charge is 2.43. The van der Waals surface area contributed by atoms with Crippen LogP contribution >= 0.6 is 0 Å².